The molecule has 7 unspecified atom stereocenters. The van der Waals surface area contributed by atoms with E-state index in [4.69, 9.17) is 9.47 Å². The second-order valence-corrected chi connectivity index (χ2v) is 18.3. The van der Waals surface area contributed by atoms with E-state index < -0.39 is 49.5 Å². The topological polar surface area (TPSA) is 149 Å². The van der Waals surface area contributed by atoms with Crippen molar-refractivity contribution in [3.05, 3.63) is 122 Å². The summed E-state index contributed by atoms with van der Waals surface area (Å²) in [5.74, 6) is -0.214. The molecule has 0 spiro atoms. The monoisotopic (exact) mass is 962 g/mol. The van der Waals surface area contributed by atoms with Crippen LogP contribution in [0.3, 0.4) is 0 Å². The number of nitrogens with one attached hydrogen (secondary N) is 1. The molecule has 392 valence electrons. The summed E-state index contributed by atoms with van der Waals surface area (Å²) in [5.41, 5.74) is 0. The van der Waals surface area contributed by atoms with E-state index in [0.29, 0.717) is 12.8 Å². The fourth-order valence-corrected chi connectivity index (χ4v) is 7.74. The van der Waals surface area contributed by atoms with E-state index in [0.717, 1.165) is 96.3 Å². The number of allylic oxidation sites excluding steroid dienone is 19. The summed E-state index contributed by atoms with van der Waals surface area (Å²) in [6.45, 7) is 3.63. The molecule has 69 heavy (non-hydrogen) atoms. The molecule has 0 aromatic heterocycles. The van der Waals surface area contributed by atoms with Crippen LogP contribution in [0, 0.1) is 0 Å². The Balaban J connectivity index is 2.29. The lowest BCUT2D eigenvalue weighted by Crippen LogP contribution is -2.60. The van der Waals surface area contributed by atoms with Gasteiger partial charge in [0.2, 0.25) is 5.91 Å². The molecule has 1 fully saturated rings. The number of rotatable bonds is 44. The Bertz CT molecular complexity index is 1490. The summed E-state index contributed by atoms with van der Waals surface area (Å²) in [7, 11) is 0. The number of ether oxygens (including phenoxy) is 2. The highest BCUT2D eigenvalue weighted by Gasteiger charge is 2.44. The Hall–Kier alpha value is -3.41. The lowest BCUT2D eigenvalue weighted by molar-refractivity contribution is -0.302. The van der Waals surface area contributed by atoms with Crippen molar-refractivity contribution in [2.24, 2.45) is 0 Å². The van der Waals surface area contributed by atoms with E-state index in [1.54, 1.807) is 6.08 Å². The van der Waals surface area contributed by atoms with Crippen LogP contribution in [-0.2, 0) is 14.3 Å². The molecule has 0 saturated carbocycles. The van der Waals surface area contributed by atoms with Gasteiger partial charge in [0.05, 0.1) is 25.4 Å². The van der Waals surface area contributed by atoms with Crippen LogP contribution in [0.5, 0.6) is 0 Å². The fourth-order valence-electron chi connectivity index (χ4n) is 7.74. The maximum atomic E-state index is 13.0. The zero-order chi connectivity index (χ0) is 50.1. The first kappa shape index (κ1) is 63.6. The van der Waals surface area contributed by atoms with E-state index in [1.165, 1.54) is 70.6 Å². The first-order chi connectivity index (χ1) is 33.8. The molecular weight excluding hydrogens is 863 g/mol. The Morgan fingerprint density at radius 2 is 0.899 bits per heavy atom. The highest BCUT2D eigenvalue weighted by Crippen LogP contribution is 2.22. The van der Waals surface area contributed by atoms with Crippen molar-refractivity contribution >= 4 is 5.91 Å². The summed E-state index contributed by atoms with van der Waals surface area (Å²) in [6, 6.07) is -0.832. The van der Waals surface area contributed by atoms with Gasteiger partial charge in [-0.15, -0.1) is 0 Å². The van der Waals surface area contributed by atoms with Crippen molar-refractivity contribution in [1.29, 1.82) is 0 Å². The molecule has 6 N–H and O–H groups in total. The third-order valence-electron chi connectivity index (χ3n) is 12.0. The number of hydrogen-bond donors (Lipinski definition) is 6. The second-order valence-electron chi connectivity index (χ2n) is 18.3. The third-order valence-corrected chi connectivity index (χ3v) is 12.0. The van der Waals surface area contributed by atoms with Crippen molar-refractivity contribution in [2.45, 2.75) is 236 Å². The zero-order valence-corrected chi connectivity index (χ0v) is 43.3. The molecule has 0 aromatic rings. The van der Waals surface area contributed by atoms with Crippen molar-refractivity contribution in [3.8, 4) is 0 Å². The van der Waals surface area contributed by atoms with Gasteiger partial charge in [-0.3, -0.25) is 4.79 Å². The lowest BCUT2D eigenvalue weighted by atomic mass is 9.99. The molecule has 9 nitrogen and oxygen atoms in total. The fraction of sp³-hybridized carbons (Fsp3) is 0.650. The molecule has 1 saturated heterocycles. The van der Waals surface area contributed by atoms with Gasteiger partial charge in [0.15, 0.2) is 6.29 Å². The number of carbonyl (C=O) groups is 1. The van der Waals surface area contributed by atoms with Crippen LogP contribution in [0.15, 0.2) is 122 Å². The van der Waals surface area contributed by atoms with Gasteiger partial charge in [-0.25, -0.2) is 0 Å². The van der Waals surface area contributed by atoms with Crippen LogP contribution in [-0.4, -0.2) is 87.5 Å². The van der Waals surface area contributed by atoms with Gasteiger partial charge in [0.1, 0.15) is 24.4 Å². The minimum atomic E-state index is -1.58. The van der Waals surface area contributed by atoms with Crippen LogP contribution in [0.1, 0.15) is 194 Å². The van der Waals surface area contributed by atoms with Gasteiger partial charge < -0.3 is 40.3 Å². The van der Waals surface area contributed by atoms with E-state index >= 15 is 0 Å². The number of carbonyl (C=O) groups excluding carboxylic acids is 1. The van der Waals surface area contributed by atoms with E-state index in [9.17, 15) is 30.3 Å². The number of aliphatic hydroxyl groups excluding tert-OH is 5. The average Bonchev–Trinajstić information content (AvgIpc) is 3.35. The molecule has 1 aliphatic rings. The molecular formula is C60H99NO8. The minimum Gasteiger partial charge on any atom is -0.394 e. The molecule has 1 rings (SSSR count). The maximum absolute atomic E-state index is 13.0. The van der Waals surface area contributed by atoms with Crippen molar-refractivity contribution < 1.29 is 39.8 Å². The molecule has 0 bridgehead atoms. The SMILES string of the molecule is CC/C=C\C/C=C\C/C=C\C/C=C\C/C=C\C/C=C\C/C=C\C/C=C\C/C=C\CCCCCC(=O)NC(COC1OC(CO)C(O)C(O)C1O)C(O)/C=C/CCCCCCCCCCCCCCC. The van der Waals surface area contributed by atoms with Gasteiger partial charge in [0, 0.05) is 6.42 Å². The summed E-state index contributed by atoms with van der Waals surface area (Å²) >= 11 is 0. The normalized spacial score (nSPS) is 20.5. The Morgan fingerprint density at radius 1 is 0.507 bits per heavy atom. The van der Waals surface area contributed by atoms with E-state index in [-0.39, 0.29) is 12.5 Å². The molecule has 0 radical (unpaired) electrons. The molecule has 9 heteroatoms. The minimum absolute atomic E-state index is 0.210. The Labute approximate surface area is 420 Å². The highest BCUT2D eigenvalue weighted by atomic mass is 16.7. The predicted octanol–water partition coefficient (Wildman–Crippen LogP) is 13.2. The van der Waals surface area contributed by atoms with Crippen molar-refractivity contribution in [1.82, 2.24) is 5.32 Å². The maximum Gasteiger partial charge on any atom is 0.220 e. The number of unbranched alkanes of at least 4 members (excludes halogenated alkanes) is 16. The van der Waals surface area contributed by atoms with Crippen LogP contribution in [0.25, 0.3) is 0 Å². The molecule has 1 amide bonds. The largest absolute Gasteiger partial charge is 0.394 e. The number of aliphatic hydroxyl groups is 5. The molecule has 0 aromatic carbocycles. The first-order valence-corrected chi connectivity index (χ1v) is 27.3. The molecule has 1 aliphatic heterocycles. The van der Waals surface area contributed by atoms with Gasteiger partial charge >= 0.3 is 0 Å². The van der Waals surface area contributed by atoms with Crippen LogP contribution in [0.4, 0.5) is 0 Å². The molecule has 7 atom stereocenters. The predicted molar refractivity (Wildman–Crippen MR) is 290 cm³/mol. The second kappa shape index (κ2) is 48.2. The van der Waals surface area contributed by atoms with Gasteiger partial charge in [-0.1, -0.05) is 219 Å². The van der Waals surface area contributed by atoms with E-state index in [1.807, 2.05) is 6.08 Å². The van der Waals surface area contributed by atoms with Gasteiger partial charge in [-0.2, -0.15) is 0 Å². The summed E-state index contributed by atoms with van der Waals surface area (Å²) < 4.78 is 11.2. The highest BCUT2D eigenvalue weighted by molar-refractivity contribution is 5.76. The first-order valence-electron chi connectivity index (χ1n) is 27.3. The quantitative estimate of drug-likeness (QED) is 0.0261. The zero-order valence-electron chi connectivity index (χ0n) is 43.3. The third kappa shape index (κ3) is 38.0. The number of amides is 1. The van der Waals surface area contributed by atoms with Gasteiger partial charge in [0.25, 0.3) is 0 Å². The van der Waals surface area contributed by atoms with Gasteiger partial charge in [-0.05, 0) is 89.9 Å². The van der Waals surface area contributed by atoms with E-state index in [2.05, 4.69) is 129 Å². The average molecular weight is 962 g/mol. The Kier molecular flexibility index (Phi) is 44.5. The smallest absolute Gasteiger partial charge is 0.220 e. The van der Waals surface area contributed by atoms with Crippen LogP contribution in [0.2, 0.25) is 0 Å². The van der Waals surface area contributed by atoms with Crippen molar-refractivity contribution in [3.63, 3.8) is 0 Å². The number of hydrogen-bond acceptors (Lipinski definition) is 8. The summed E-state index contributed by atoms with van der Waals surface area (Å²) in [6.07, 6.45) is 65.3. The van der Waals surface area contributed by atoms with Crippen LogP contribution >= 0.6 is 0 Å². The summed E-state index contributed by atoms with van der Waals surface area (Å²) in [4.78, 5) is 13.0. The standard InChI is InChI=1S/C60H99NO8/c1-3-5-7-9-11-13-15-17-19-20-21-22-23-24-25-26-27-28-29-30-31-32-33-34-36-38-40-42-44-46-48-50-56(64)61-53(52-68-60-59(67)58(66)57(65)55(51-62)69-60)54(63)49-47-45-43-41-39-37-35-18-16-14-12-10-8-6-4-2/h5,7,11,13,17,19,21-22,24-25,27-28,30-31,33-34,38,40,47,49,53-55,57-60,62-63,65-67H,3-4,6,8-10,12,14-16,18,20,23,26,29,32,35-37,39,41-46,48,50-52H2,1-2H3,(H,61,64)/b7-5-,13-11-,19-17-,22-21-,25-24-,28-27-,31-30-,34-33-,40-38-,49-47+. The van der Waals surface area contributed by atoms with Crippen molar-refractivity contribution in [2.75, 3.05) is 13.2 Å². The summed E-state index contributed by atoms with van der Waals surface area (Å²) in [5, 5.41) is 54.4. The lowest BCUT2D eigenvalue weighted by Gasteiger charge is -2.40. The Morgan fingerprint density at radius 3 is 1.33 bits per heavy atom. The molecule has 1 heterocycles. The molecule has 0 aliphatic carbocycles. The van der Waals surface area contributed by atoms with Crippen LogP contribution < -0.4 is 5.32 Å².